The SMILES string of the molecule is N[C@@H](Cc1ccccc1)[C@H](O)C1CCCC1. The fraction of sp³-hybridized carbons (Fsp3) is 0.571. The number of benzene rings is 1. The average molecular weight is 219 g/mol. The summed E-state index contributed by atoms with van der Waals surface area (Å²) in [5.41, 5.74) is 7.29. The van der Waals surface area contributed by atoms with Gasteiger partial charge in [0, 0.05) is 6.04 Å². The molecule has 0 aliphatic heterocycles. The maximum atomic E-state index is 10.2. The van der Waals surface area contributed by atoms with Crippen LogP contribution in [0.25, 0.3) is 0 Å². The topological polar surface area (TPSA) is 46.2 Å². The second-order valence-electron chi connectivity index (χ2n) is 4.89. The first-order valence-corrected chi connectivity index (χ1v) is 6.25. The van der Waals surface area contributed by atoms with E-state index in [0.29, 0.717) is 5.92 Å². The first-order chi connectivity index (χ1) is 7.77. The lowest BCUT2D eigenvalue weighted by atomic mass is 9.91. The molecule has 2 nitrogen and oxygen atoms in total. The Hall–Kier alpha value is -0.860. The van der Waals surface area contributed by atoms with Crippen LogP contribution >= 0.6 is 0 Å². The second kappa shape index (κ2) is 5.46. The standard InChI is InChI=1S/C14H21NO/c15-13(10-11-6-2-1-3-7-11)14(16)12-8-4-5-9-12/h1-3,6-7,12-14,16H,4-5,8-10,15H2/t13-,14+/m0/s1. The Kier molecular flexibility index (Phi) is 3.97. The van der Waals surface area contributed by atoms with Crippen molar-refractivity contribution in [2.24, 2.45) is 11.7 Å². The van der Waals surface area contributed by atoms with E-state index in [4.69, 9.17) is 5.73 Å². The quantitative estimate of drug-likeness (QED) is 0.814. The van der Waals surface area contributed by atoms with Crippen molar-refractivity contribution in [3.63, 3.8) is 0 Å². The molecular weight excluding hydrogens is 198 g/mol. The van der Waals surface area contributed by atoms with E-state index in [1.54, 1.807) is 0 Å². The van der Waals surface area contributed by atoms with Gasteiger partial charge < -0.3 is 10.8 Å². The first-order valence-electron chi connectivity index (χ1n) is 6.25. The molecule has 1 aromatic carbocycles. The average Bonchev–Trinajstić information content (AvgIpc) is 2.83. The van der Waals surface area contributed by atoms with Gasteiger partial charge in [-0.05, 0) is 30.7 Å². The van der Waals surface area contributed by atoms with Gasteiger partial charge in [-0.25, -0.2) is 0 Å². The van der Waals surface area contributed by atoms with Crippen LogP contribution in [0.2, 0.25) is 0 Å². The van der Waals surface area contributed by atoms with E-state index in [1.807, 2.05) is 18.2 Å². The first kappa shape index (κ1) is 11.6. The molecule has 0 bridgehead atoms. The Morgan fingerprint density at radius 3 is 2.44 bits per heavy atom. The van der Waals surface area contributed by atoms with E-state index >= 15 is 0 Å². The molecule has 0 amide bonds. The van der Waals surface area contributed by atoms with Crippen LogP contribution in [-0.4, -0.2) is 17.3 Å². The molecule has 3 N–H and O–H groups in total. The highest BCUT2D eigenvalue weighted by molar-refractivity contribution is 5.16. The Balaban J connectivity index is 1.89. The number of rotatable bonds is 4. The Bertz CT molecular complexity index is 306. The summed E-state index contributed by atoms with van der Waals surface area (Å²) in [7, 11) is 0. The molecule has 1 fully saturated rings. The molecule has 88 valence electrons. The molecule has 1 saturated carbocycles. The normalized spacial score (nSPS) is 20.9. The molecule has 0 saturated heterocycles. The third kappa shape index (κ3) is 2.83. The minimum atomic E-state index is -0.331. The molecule has 1 aromatic rings. The highest BCUT2D eigenvalue weighted by Gasteiger charge is 2.27. The van der Waals surface area contributed by atoms with Gasteiger partial charge >= 0.3 is 0 Å². The van der Waals surface area contributed by atoms with Crippen LogP contribution in [0, 0.1) is 5.92 Å². The fourth-order valence-corrected chi connectivity index (χ4v) is 2.66. The predicted octanol–water partition coefficient (Wildman–Crippen LogP) is 2.11. The van der Waals surface area contributed by atoms with Crippen LogP contribution in [0.1, 0.15) is 31.2 Å². The Labute approximate surface area is 97.5 Å². The molecule has 0 heterocycles. The van der Waals surface area contributed by atoms with Crippen LogP contribution in [0.3, 0.4) is 0 Å². The molecule has 1 aliphatic carbocycles. The highest BCUT2D eigenvalue weighted by atomic mass is 16.3. The van der Waals surface area contributed by atoms with Crippen molar-refractivity contribution in [1.29, 1.82) is 0 Å². The van der Waals surface area contributed by atoms with Crippen molar-refractivity contribution in [2.45, 2.75) is 44.2 Å². The summed E-state index contributed by atoms with van der Waals surface area (Å²) in [5.74, 6) is 0.429. The van der Waals surface area contributed by atoms with Crippen LogP contribution in [-0.2, 0) is 6.42 Å². The molecule has 0 aromatic heterocycles. The Morgan fingerprint density at radius 1 is 1.19 bits per heavy atom. The maximum absolute atomic E-state index is 10.2. The zero-order chi connectivity index (χ0) is 11.4. The van der Waals surface area contributed by atoms with Gasteiger partial charge in [0.1, 0.15) is 0 Å². The summed E-state index contributed by atoms with van der Waals surface area (Å²) in [4.78, 5) is 0. The zero-order valence-corrected chi connectivity index (χ0v) is 9.68. The van der Waals surface area contributed by atoms with Crippen LogP contribution in [0.4, 0.5) is 0 Å². The van der Waals surface area contributed by atoms with Gasteiger partial charge in [0.05, 0.1) is 6.10 Å². The van der Waals surface area contributed by atoms with Crippen molar-refractivity contribution >= 4 is 0 Å². The van der Waals surface area contributed by atoms with Crippen LogP contribution in [0.15, 0.2) is 30.3 Å². The van der Waals surface area contributed by atoms with Crippen molar-refractivity contribution in [3.8, 4) is 0 Å². The van der Waals surface area contributed by atoms with Gasteiger partial charge in [0.2, 0.25) is 0 Å². The number of aliphatic hydroxyl groups is 1. The largest absolute Gasteiger partial charge is 0.391 e. The Morgan fingerprint density at radius 2 is 1.81 bits per heavy atom. The molecule has 1 aliphatic rings. The fourth-order valence-electron chi connectivity index (χ4n) is 2.66. The minimum absolute atomic E-state index is 0.120. The van der Waals surface area contributed by atoms with E-state index < -0.39 is 0 Å². The molecule has 0 radical (unpaired) electrons. The third-order valence-corrected chi connectivity index (χ3v) is 3.64. The van der Waals surface area contributed by atoms with E-state index in [1.165, 1.54) is 18.4 Å². The van der Waals surface area contributed by atoms with Gasteiger partial charge in [-0.15, -0.1) is 0 Å². The van der Waals surface area contributed by atoms with E-state index in [2.05, 4.69) is 12.1 Å². The van der Waals surface area contributed by atoms with Gasteiger partial charge in [-0.2, -0.15) is 0 Å². The van der Waals surface area contributed by atoms with Crippen molar-refractivity contribution < 1.29 is 5.11 Å². The van der Waals surface area contributed by atoms with Gasteiger partial charge in [-0.3, -0.25) is 0 Å². The molecule has 2 rings (SSSR count). The lowest BCUT2D eigenvalue weighted by Gasteiger charge is -2.24. The summed E-state index contributed by atoms with van der Waals surface area (Å²) >= 11 is 0. The van der Waals surface area contributed by atoms with E-state index in [0.717, 1.165) is 19.3 Å². The number of nitrogens with two attached hydrogens (primary N) is 1. The summed E-state index contributed by atoms with van der Waals surface area (Å²) in [6, 6.07) is 10.1. The number of aliphatic hydroxyl groups excluding tert-OH is 1. The molecule has 2 heteroatoms. The van der Waals surface area contributed by atoms with Crippen molar-refractivity contribution in [2.75, 3.05) is 0 Å². The van der Waals surface area contributed by atoms with E-state index in [-0.39, 0.29) is 12.1 Å². The van der Waals surface area contributed by atoms with Crippen molar-refractivity contribution in [3.05, 3.63) is 35.9 Å². The van der Waals surface area contributed by atoms with E-state index in [9.17, 15) is 5.11 Å². The van der Waals surface area contributed by atoms with Gasteiger partial charge in [0.15, 0.2) is 0 Å². The lowest BCUT2D eigenvalue weighted by Crippen LogP contribution is -2.40. The third-order valence-electron chi connectivity index (χ3n) is 3.64. The number of hydrogen-bond acceptors (Lipinski definition) is 2. The van der Waals surface area contributed by atoms with Crippen molar-refractivity contribution in [1.82, 2.24) is 0 Å². The smallest absolute Gasteiger partial charge is 0.0722 e. The highest BCUT2D eigenvalue weighted by Crippen LogP contribution is 2.29. The minimum Gasteiger partial charge on any atom is -0.391 e. The molecule has 0 unspecified atom stereocenters. The summed E-state index contributed by atoms with van der Waals surface area (Å²) in [6.07, 6.45) is 5.23. The van der Waals surface area contributed by atoms with Crippen LogP contribution in [0.5, 0.6) is 0 Å². The van der Waals surface area contributed by atoms with Gasteiger partial charge in [-0.1, -0.05) is 43.2 Å². The molecule has 2 atom stereocenters. The summed E-state index contributed by atoms with van der Waals surface area (Å²) in [5, 5.41) is 10.2. The predicted molar refractivity (Wildman–Crippen MR) is 66.1 cm³/mol. The summed E-state index contributed by atoms with van der Waals surface area (Å²) < 4.78 is 0. The monoisotopic (exact) mass is 219 g/mol. The number of hydrogen-bond donors (Lipinski definition) is 2. The zero-order valence-electron chi connectivity index (χ0n) is 9.68. The second-order valence-corrected chi connectivity index (χ2v) is 4.89. The lowest BCUT2D eigenvalue weighted by molar-refractivity contribution is 0.0845. The summed E-state index contributed by atoms with van der Waals surface area (Å²) in [6.45, 7) is 0. The maximum Gasteiger partial charge on any atom is 0.0722 e. The molecule has 16 heavy (non-hydrogen) atoms. The molecular formula is C14H21NO. The van der Waals surface area contributed by atoms with Crippen LogP contribution < -0.4 is 5.73 Å². The molecule has 0 spiro atoms. The van der Waals surface area contributed by atoms with Gasteiger partial charge in [0.25, 0.3) is 0 Å².